The van der Waals surface area contributed by atoms with Crippen LogP contribution in [0.25, 0.3) is 10.9 Å². The van der Waals surface area contributed by atoms with E-state index in [1.54, 1.807) is 60.7 Å². The monoisotopic (exact) mass is 489 g/mol. The number of unbranched alkanes of at least 4 members (excludes halogenated alkanes) is 1. The van der Waals surface area contributed by atoms with Crippen molar-refractivity contribution in [3.05, 3.63) is 89.1 Å². The first-order chi connectivity index (χ1) is 17.4. The summed E-state index contributed by atoms with van der Waals surface area (Å²) in [7, 11) is 0. The van der Waals surface area contributed by atoms with Crippen molar-refractivity contribution < 1.29 is 30.0 Å². The molecule has 4 aromatic rings. The highest BCUT2D eigenvalue weighted by Crippen LogP contribution is 2.33. The van der Waals surface area contributed by atoms with Gasteiger partial charge in [-0.3, -0.25) is 0 Å². The number of hydrogen-bond donors (Lipinski definition) is 4. The van der Waals surface area contributed by atoms with E-state index in [1.165, 1.54) is 0 Å². The third kappa shape index (κ3) is 5.80. The first-order valence-electron chi connectivity index (χ1n) is 12.1. The van der Waals surface area contributed by atoms with Gasteiger partial charge in [0.05, 0.1) is 23.8 Å². The van der Waals surface area contributed by atoms with Gasteiger partial charge < -0.3 is 29.7 Å². The van der Waals surface area contributed by atoms with E-state index in [2.05, 4.69) is 6.92 Å². The minimum Gasteiger partial charge on any atom is -0.508 e. The van der Waals surface area contributed by atoms with E-state index in [9.17, 15) is 25.2 Å². The van der Waals surface area contributed by atoms with Crippen LogP contribution in [0, 0.1) is 0 Å². The molecule has 1 atom stereocenters. The summed E-state index contributed by atoms with van der Waals surface area (Å²) in [6.07, 6.45) is 3.81. The molecular weight excluding hydrogens is 458 g/mol. The van der Waals surface area contributed by atoms with Crippen molar-refractivity contribution in [2.45, 2.75) is 45.3 Å². The van der Waals surface area contributed by atoms with Gasteiger partial charge in [-0.25, -0.2) is 4.79 Å². The summed E-state index contributed by atoms with van der Waals surface area (Å²) in [6.45, 7) is 2.11. The zero-order valence-electron chi connectivity index (χ0n) is 20.2. The molecule has 0 aliphatic heterocycles. The predicted molar refractivity (Wildman–Crippen MR) is 138 cm³/mol. The fraction of sp³-hybridized carbons (Fsp3) is 0.276. The molecule has 4 N–H and O–H groups in total. The van der Waals surface area contributed by atoms with Crippen LogP contribution in [0.5, 0.6) is 17.2 Å². The van der Waals surface area contributed by atoms with Crippen molar-refractivity contribution >= 4 is 16.9 Å². The Hall–Kier alpha value is -3.97. The molecule has 0 bridgehead atoms. The first-order valence-corrected chi connectivity index (χ1v) is 12.1. The normalized spacial score (nSPS) is 12.1. The van der Waals surface area contributed by atoms with Gasteiger partial charge in [-0.15, -0.1) is 0 Å². The maximum Gasteiger partial charge on any atom is 0.338 e. The van der Waals surface area contributed by atoms with Crippen molar-refractivity contribution in [1.29, 1.82) is 0 Å². The number of hydrogen-bond acceptors (Lipinski definition) is 6. The van der Waals surface area contributed by atoms with Gasteiger partial charge in [0, 0.05) is 23.5 Å². The fourth-order valence-corrected chi connectivity index (χ4v) is 4.35. The number of aromatic nitrogens is 1. The molecule has 1 heterocycles. The molecule has 36 heavy (non-hydrogen) atoms. The summed E-state index contributed by atoms with van der Waals surface area (Å²) in [5, 5.41) is 42.6. The number of aromatic hydroxyl groups is 3. The van der Waals surface area contributed by atoms with Crippen molar-refractivity contribution in [1.82, 2.24) is 4.57 Å². The highest BCUT2D eigenvalue weighted by molar-refractivity contribution is 5.89. The van der Waals surface area contributed by atoms with Gasteiger partial charge in [0.15, 0.2) is 0 Å². The predicted octanol–water partition coefficient (Wildman–Crippen LogP) is 4.91. The van der Waals surface area contributed by atoms with Crippen molar-refractivity contribution in [3.8, 4) is 17.2 Å². The van der Waals surface area contributed by atoms with Gasteiger partial charge >= 0.3 is 5.97 Å². The maximum absolute atomic E-state index is 12.2. The van der Waals surface area contributed by atoms with E-state index in [0.717, 1.165) is 41.3 Å². The number of phenolic OH excluding ortho intramolecular Hbond substituents is 3. The number of aliphatic hydroxyl groups excluding tert-OH is 1. The summed E-state index contributed by atoms with van der Waals surface area (Å²) in [4.78, 5) is 12.2. The van der Waals surface area contributed by atoms with Crippen LogP contribution in [-0.4, -0.2) is 43.7 Å². The minimum atomic E-state index is -0.960. The largest absolute Gasteiger partial charge is 0.508 e. The summed E-state index contributed by atoms with van der Waals surface area (Å²) in [5.74, 6) is -0.382. The molecule has 0 aliphatic rings. The lowest BCUT2D eigenvalue weighted by molar-refractivity contribution is 0.0259. The van der Waals surface area contributed by atoms with Crippen LogP contribution in [-0.2, 0) is 24.1 Å². The molecule has 0 aliphatic carbocycles. The number of benzene rings is 3. The number of esters is 1. The second kappa shape index (κ2) is 11.2. The maximum atomic E-state index is 12.2. The molecular formula is C29H31NO6. The molecule has 0 unspecified atom stereocenters. The Balaban J connectivity index is 1.54. The van der Waals surface area contributed by atoms with E-state index in [0.29, 0.717) is 11.1 Å². The van der Waals surface area contributed by atoms with E-state index >= 15 is 0 Å². The summed E-state index contributed by atoms with van der Waals surface area (Å²) in [5.41, 5.74) is 3.19. The molecule has 7 nitrogen and oxygen atoms in total. The quantitative estimate of drug-likeness (QED) is 0.236. The van der Waals surface area contributed by atoms with Gasteiger partial charge in [-0.1, -0.05) is 31.5 Å². The van der Waals surface area contributed by atoms with Crippen LogP contribution in [0.4, 0.5) is 0 Å². The Morgan fingerprint density at radius 1 is 1.00 bits per heavy atom. The van der Waals surface area contributed by atoms with Crippen molar-refractivity contribution in [3.63, 3.8) is 0 Å². The highest BCUT2D eigenvalue weighted by Gasteiger charge is 2.18. The van der Waals surface area contributed by atoms with Crippen molar-refractivity contribution in [2.75, 3.05) is 6.61 Å². The average Bonchev–Trinajstić information content (AvgIpc) is 3.19. The third-order valence-corrected chi connectivity index (χ3v) is 6.23. The molecule has 0 amide bonds. The van der Waals surface area contributed by atoms with Gasteiger partial charge in [-0.2, -0.15) is 0 Å². The molecule has 0 fully saturated rings. The van der Waals surface area contributed by atoms with Gasteiger partial charge in [-0.05, 0) is 66.4 Å². The van der Waals surface area contributed by atoms with Crippen LogP contribution < -0.4 is 0 Å². The fourth-order valence-electron chi connectivity index (χ4n) is 4.35. The number of ether oxygens (including phenoxy) is 1. The van der Waals surface area contributed by atoms with Crippen LogP contribution in [0.2, 0.25) is 0 Å². The topological polar surface area (TPSA) is 112 Å². The molecule has 0 radical (unpaired) electrons. The Morgan fingerprint density at radius 2 is 1.72 bits per heavy atom. The minimum absolute atomic E-state index is 0.0242. The van der Waals surface area contributed by atoms with E-state index < -0.39 is 12.1 Å². The number of aliphatic hydroxyl groups is 1. The molecule has 0 saturated heterocycles. The zero-order chi connectivity index (χ0) is 25.7. The molecule has 3 aromatic carbocycles. The van der Waals surface area contributed by atoms with Crippen LogP contribution in [0.3, 0.4) is 0 Å². The molecule has 7 heteroatoms. The Morgan fingerprint density at radius 3 is 2.42 bits per heavy atom. The van der Waals surface area contributed by atoms with E-state index in [4.69, 9.17) is 4.74 Å². The summed E-state index contributed by atoms with van der Waals surface area (Å²) in [6, 6.07) is 16.9. The number of rotatable bonds is 10. The molecule has 0 spiro atoms. The highest BCUT2D eigenvalue weighted by atomic mass is 16.5. The SMILES string of the molecule is CCCCc1cc(O)c(Cn2cc(C[C@H](O)COC(=O)c3ccccc3)c3cc(O)ccc32)c(O)c1. The molecule has 4 rings (SSSR count). The second-order valence-electron chi connectivity index (χ2n) is 9.02. The van der Waals surface area contributed by atoms with E-state index in [-0.39, 0.29) is 36.8 Å². The average molecular weight is 490 g/mol. The number of fused-ring (bicyclic) bond motifs is 1. The van der Waals surface area contributed by atoms with Gasteiger partial charge in [0.25, 0.3) is 0 Å². The van der Waals surface area contributed by atoms with E-state index in [1.807, 2.05) is 10.8 Å². The molecule has 188 valence electrons. The summed E-state index contributed by atoms with van der Waals surface area (Å²) >= 11 is 0. The zero-order valence-corrected chi connectivity index (χ0v) is 20.2. The van der Waals surface area contributed by atoms with Gasteiger partial charge in [0.1, 0.15) is 23.9 Å². The van der Waals surface area contributed by atoms with Crippen LogP contribution >= 0.6 is 0 Å². The van der Waals surface area contributed by atoms with Crippen molar-refractivity contribution in [2.24, 2.45) is 0 Å². The lowest BCUT2D eigenvalue weighted by Crippen LogP contribution is -2.20. The number of nitrogens with zero attached hydrogens (tertiary/aromatic N) is 1. The van der Waals surface area contributed by atoms with Crippen LogP contribution in [0.15, 0.2) is 66.9 Å². The first kappa shape index (κ1) is 25.1. The number of aryl methyl sites for hydroxylation is 1. The standard InChI is InChI=1S/C29H31NO6/c1-2-3-7-19-12-27(33)25(28(34)13-19)17-30-16-21(24-15-22(31)10-11-26(24)30)14-23(32)18-36-29(35)20-8-5-4-6-9-20/h4-6,8-13,15-16,23,31-34H,2-3,7,14,17-18H2,1H3/t23-/m0/s1. The Bertz CT molecular complexity index is 1320. The van der Waals surface area contributed by atoms with Crippen LogP contribution in [0.1, 0.15) is 46.8 Å². The lowest BCUT2D eigenvalue weighted by atomic mass is 10.0. The number of carbonyl (C=O) groups is 1. The Kier molecular flexibility index (Phi) is 7.80. The lowest BCUT2D eigenvalue weighted by Gasteiger charge is -2.12. The third-order valence-electron chi connectivity index (χ3n) is 6.23. The second-order valence-corrected chi connectivity index (χ2v) is 9.02. The summed E-state index contributed by atoms with van der Waals surface area (Å²) < 4.78 is 7.11. The van der Waals surface area contributed by atoms with Gasteiger partial charge in [0.2, 0.25) is 0 Å². The Labute approximate surface area is 209 Å². The molecule has 0 saturated carbocycles. The smallest absolute Gasteiger partial charge is 0.338 e. The number of phenols is 3. The number of carbonyl (C=O) groups excluding carboxylic acids is 1. The molecule has 1 aromatic heterocycles.